The summed E-state index contributed by atoms with van der Waals surface area (Å²) in [5.74, 6) is -0.121. The molecule has 1 spiro atoms. The van der Waals surface area contributed by atoms with Crippen LogP contribution in [0, 0.1) is 12.3 Å². The Hall–Kier alpha value is -1.64. The summed E-state index contributed by atoms with van der Waals surface area (Å²) in [7, 11) is -3.18. The van der Waals surface area contributed by atoms with Crippen molar-refractivity contribution in [2.45, 2.75) is 52.6 Å². The predicted molar refractivity (Wildman–Crippen MR) is 128 cm³/mol. The van der Waals surface area contributed by atoms with Crippen molar-refractivity contribution in [3.8, 4) is 0 Å². The van der Waals surface area contributed by atoms with E-state index in [0.29, 0.717) is 25.9 Å². The van der Waals surface area contributed by atoms with Crippen LogP contribution in [-0.2, 0) is 19.6 Å². The minimum absolute atomic E-state index is 0.0441. The van der Waals surface area contributed by atoms with Gasteiger partial charge in [0.15, 0.2) is 0 Å². The number of ether oxygens (including phenoxy) is 1. The number of piperazine rings is 1. The zero-order chi connectivity index (χ0) is 23.4. The Kier molecular flexibility index (Phi) is 8.22. The maximum atomic E-state index is 12.6. The second-order valence-electron chi connectivity index (χ2n) is 9.13. The van der Waals surface area contributed by atoms with E-state index in [9.17, 15) is 13.2 Å². The molecule has 1 aromatic carbocycles. The highest BCUT2D eigenvalue weighted by Gasteiger charge is 2.51. The van der Waals surface area contributed by atoms with Crippen molar-refractivity contribution in [1.82, 2.24) is 9.21 Å². The molecule has 1 unspecified atom stereocenters. The minimum Gasteiger partial charge on any atom is -0.462 e. The van der Waals surface area contributed by atoms with Gasteiger partial charge in [0.2, 0.25) is 10.0 Å². The first kappa shape index (κ1) is 25.0. The lowest BCUT2D eigenvalue weighted by Crippen LogP contribution is -2.47. The zero-order valence-electron chi connectivity index (χ0n) is 20.0. The van der Waals surface area contributed by atoms with Gasteiger partial charge in [-0.3, -0.25) is 9.69 Å². The third-order valence-corrected chi connectivity index (χ3v) is 8.32. The van der Waals surface area contributed by atoms with Gasteiger partial charge in [0.05, 0.1) is 11.7 Å². The van der Waals surface area contributed by atoms with E-state index in [-0.39, 0.29) is 12.1 Å². The zero-order valence-corrected chi connectivity index (χ0v) is 20.9. The Morgan fingerprint density at radius 2 is 1.59 bits per heavy atom. The van der Waals surface area contributed by atoms with Gasteiger partial charge in [-0.2, -0.15) is 0 Å². The van der Waals surface area contributed by atoms with Crippen molar-refractivity contribution >= 4 is 21.7 Å². The number of sulfonamides is 1. The molecular formula is C24H39N3O4S. The molecule has 1 atom stereocenters. The maximum absolute atomic E-state index is 12.6. The molecule has 7 nitrogen and oxygen atoms in total. The number of cyclic esters (lactones) is 1. The van der Waals surface area contributed by atoms with Crippen LogP contribution in [0.4, 0.5) is 5.69 Å². The van der Waals surface area contributed by atoms with Crippen LogP contribution in [-0.4, -0.2) is 81.8 Å². The molecule has 0 bridgehead atoms. The number of piperidine rings is 1. The number of hydrogen-bond donors (Lipinski definition) is 0. The summed E-state index contributed by atoms with van der Waals surface area (Å²) in [5.41, 5.74) is 2.09. The second kappa shape index (κ2) is 10.5. The fraction of sp³-hybridized carbons (Fsp3) is 0.708. The largest absolute Gasteiger partial charge is 0.462 e. The number of nitrogens with zero attached hydrogens (tertiary/aromatic N) is 3. The Morgan fingerprint density at radius 3 is 2.16 bits per heavy atom. The van der Waals surface area contributed by atoms with Gasteiger partial charge in [-0.1, -0.05) is 31.5 Å². The molecule has 3 fully saturated rings. The number of carbonyl (C=O) groups is 1. The molecule has 1 aromatic rings. The van der Waals surface area contributed by atoms with Gasteiger partial charge in [0, 0.05) is 57.9 Å². The molecule has 0 aliphatic carbocycles. The third kappa shape index (κ3) is 5.83. The molecule has 180 valence electrons. The van der Waals surface area contributed by atoms with Crippen LogP contribution < -0.4 is 4.90 Å². The average molecular weight is 466 g/mol. The van der Waals surface area contributed by atoms with Gasteiger partial charge in [-0.15, -0.1) is 0 Å². The van der Waals surface area contributed by atoms with Crippen molar-refractivity contribution in [1.29, 1.82) is 0 Å². The van der Waals surface area contributed by atoms with Crippen LogP contribution in [0.2, 0.25) is 0 Å². The van der Waals surface area contributed by atoms with E-state index >= 15 is 0 Å². The van der Waals surface area contributed by atoms with Gasteiger partial charge in [0.25, 0.3) is 0 Å². The smallest absolute Gasteiger partial charge is 0.312 e. The molecule has 0 amide bonds. The monoisotopic (exact) mass is 465 g/mol. The molecule has 0 aromatic heterocycles. The van der Waals surface area contributed by atoms with Crippen LogP contribution in [0.15, 0.2) is 24.3 Å². The molecule has 3 aliphatic heterocycles. The number of rotatable bonds is 5. The van der Waals surface area contributed by atoms with Crippen LogP contribution in [0.1, 0.15) is 45.1 Å². The highest BCUT2D eigenvalue weighted by molar-refractivity contribution is 7.88. The molecule has 4 rings (SSSR count). The minimum atomic E-state index is -3.18. The highest BCUT2D eigenvalue weighted by atomic mass is 32.2. The summed E-state index contributed by atoms with van der Waals surface area (Å²) in [5, 5.41) is 0. The molecule has 3 aliphatic rings. The molecular weight excluding hydrogens is 426 g/mol. The van der Waals surface area contributed by atoms with Crippen LogP contribution in [0.5, 0.6) is 0 Å². The van der Waals surface area contributed by atoms with Crippen LogP contribution in [0.3, 0.4) is 0 Å². The standard InChI is InChI=1S/C22H33N3O4S.C2H6/c1-18-3-5-19(6-4-18)24-15-13-23(14-16-24)10-7-20-17-22(21(26)29-20)8-11-25(12-9-22)30(2,27)28;1-2/h3-6,20H,7-17H2,1-2H3;1-2H3. The van der Waals surface area contributed by atoms with E-state index in [2.05, 4.69) is 41.0 Å². The third-order valence-electron chi connectivity index (χ3n) is 7.01. The maximum Gasteiger partial charge on any atom is 0.312 e. The number of aryl methyl sites for hydroxylation is 1. The first-order valence-electron chi connectivity index (χ1n) is 12.0. The van der Waals surface area contributed by atoms with Crippen molar-refractivity contribution < 1.29 is 17.9 Å². The van der Waals surface area contributed by atoms with Crippen LogP contribution >= 0.6 is 0 Å². The Bertz CT molecular complexity index is 856. The second-order valence-corrected chi connectivity index (χ2v) is 11.1. The summed E-state index contributed by atoms with van der Waals surface area (Å²) in [6, 6.07) is 8.70. The topological polar surface area (TPSA) is 70.2 Å². The molecule has 0 N–H and O–H groups in total. The van der Waals surface area contributed by atoms with Crippen molar-refractivity contribution in [2.75, 3.05) is 57.0 Å². The van der Waals surface area contributed by atoms with Gasteiger partial charge < -0.3 is 9.64 Å². The van der Waals surface area contributed by atoms with Crippen molar-refractivity contribution in [2.24, 2.45) is 5.41 Å². The van der Waals surface area contributed by atoms with Crippen molar-refractivity contribution in [3.05, 3.63) is 29.8 Å². The van der Waals surface area contributed by atoms with Crippen LogP contribution in [0.25, 0.3) is 0 Å². The van der Waals surface area contributed by atoms with E-state index in [1.165, 1.54) is 21.8 Å². The lowest BCUT2D eigenvalue weighted by Gasteiger charge is -2.36. The number of carbonyl (C=O) groups excluding carboxylic acids is 1. The van der Waals surface area contributed by atoms with E-state index in [1.807, 2.05) is 13.8 Å². The normalized spacial score (nSPS) is 24.2. The number of esters is 1. The molecule has 3 saturated heterocycles. The molecule has 32 heavy (non-hydrogen) atoms. The van der Waals surface area contributed by atoms with Gasteiger partial charge in [-0.25, -0.2) is 12.7 Å². The Balaban J connectivity index is 0.00000141. The Morgan fingerprint density at radius 1 is 1.00 bits per heavy atom. The van der Waals surface area contributed by atoms with Gasteiger partial charge in [-0.05, 0) is 38.3 Å². The van der Waals surface area contributed by atoms with E-state index in [0.717, 1.165) is 45.6 Å². The number of benzene rings is 1. The Labute approximate surface area is 193 Å². The summed E-state index contributed by atoms with van der Waals surface area (Å²) in [6.45, 7) is 11.9. The fourth-order valence-corrected chi connectivity index (χ4v) is 5.81. The van der Waals surface area contributed by atoms with E-state index in [4.69, 9.17) is 4.74 Å². The van der Waals surface area contributed by atoms with Gasteiger partial charge in [0.1, 0.15) is 6.10 Å². The molecule has 0 radical (unpaired) electrons. The SMILES string of the molecule is CC.Cc1ccc(N2CCN(CCC3CC4(CCN(S(C)(=O)=O)CC4)C(=O)O3)CC2)cc1. The first-order chi connectivity index (χ1) is 15.2. The lowest BCUT2D eigenvalue weighted by atomic mass is 9.76. The van der Waals surface area contributed by atoms with E-state index in [1.54, 1.807) is 0 Å². The lowest BCUT2D eigenvalue weighted by molar-refractivity contribution is -0.150. The average Bonchev–Trinajstić information content (AvgIpc) is 3.09. The van der Waals surface area contributed by atoms with E-state index < -0.39 is 15.4 Å². The molecule has 3 heterocycles. The van der Waals surface area contributed by atoms with Crippen molar-refractivity contribution in [3.63, 3.8) is 0 Å². The summed E-state index contributed by atoms with van der Waals surface area (Å²) in [6.07, 6.45) is 3.92. The number of anilines is 1. The summed E-state index contributed by atoms with van der Waals surface area (Å²) < 4.78 is 30.7. The summed E-state index contributed by atoms with van der Waals surface area (Å²) >= 11 is 0. The number of hydrogen-bond acceptors (Lipinski definition) is 6. The quantitative estimate of drug-likeness (QED) is 0.623. The summed E-state index contributed by atoms with van der Waals surface area (Å²) in [4.78, 5) is 17.5. The molecule has 0 saturated carbocycles. The molecule has 8 heteroatoms. The first-order valence-corrected chi connectivity index (χ1v) is 13.8. The highest BCUT2D eigenvalue weighted by Crippen LogP contribution is 2.44. The fourth-order valence-electron chi connectivity index (χ4n) is 4.96. The van der Waals surface area contributed by atoms with Gasteiger partial charge >= 0.3 is 5.97 Å². The predicted octanol–water partition coefficient (Wildman–Crippen LogP) is 2.89.